The maximum absolute atomic E-state index is 13.2. The van der Waals surface area contributed by atoms with Crippen molar-refractivity contribution in [2.75, 3.05) is 11.5 Å². The lowest BCUT2D eigenvalue weighted by Gasteiger charge is -2.17. The van der Waals surface area contributed by atoms with Gasteiger partial charge in [0.1, 0.15) is 0 Å². The van der Waals surface area contributed by atoms with E-state index >= 15 is 0 Å². The van der Waals surface area contributed by atoms with Crippen molar-refractivity contribution in [3.63, 3.8) is 0 Å². The smallest absolute Gasteiger partial charge is 0.449 e. The van der Waals surface area contributed by atoms with E-state index in [4.69, 9.17) is 0 Å². The Morgan fingerprint density at radius 3 is 2.76 bits per heavy atom. The monoisotopic (exact) mass is 316 g/mol. The molecule has 1 unspecified atom stereocenters. The number of carbonyl (C=O) groups is 1. The average molecular weight is 316 g/mol. The Balaban J connectivity index is 2.34. The number of halogens is 3. The minimum atomic E-state index is -4.61. The summed E-state index contributed by atoms with van der Waals surface area (Å²) in [6, 6.07) is 3.75. The fraction of sp³-hybridized carbons (Fsp3) is 0.385. The molecule has 0 spiro atoms. The largest absolute Gasteiger partial charge is 0.478 e. The summed E-state index contributed by atoms with van der Waals surface area (Å²) in [4.78, 5) is 15.0. The van der Waals surface area contributed by atoms with Crippen LogP contribution in [0.4, 0.5) is 13.2 Å². The van der Waals surface area contributed by atoms with Gasteiger partial charge in [-0.25, -0.2) is 9.78 Å². The van der Waals surface area contributed by atoms with E-state index in [1.165, 1.54) is 18.2 Å². The number of imidazole rings is 1. The first-order valence-corrected chi connectivity index (χ1v) is 7.44. The molecule has 1 saturated heterocycles. The zero-order chi connectivity index (χ0) is 15.2. The van der Waals surface area contributed by atoms with Gasteiger partial charge in [0.15, 0.2) is 0 Å². The third kappa shape index (κ3) is 2.37. The molecule has 1 aliphatic rings. The number of aromatic nitrogens is 2. The molecule has 3 rings (SSSR count). The molecule has 1 aromatic heterocycles. The molecule has 8 heteroatoms. The van der Waals surface area contributed by atoms with Crippen LogP contribution in [-0.2, 0) is 6.18 Å². The molecule has 0 amide bonds. The second-order valence-electron chi connectivity index (χ2n) is 4.80. The zero-order valence-corrected chi connectivity index (χ0v) is 11.5. The number of hydrogen-bond acceptors (Lipinski definition) is 3. The van der Waals surface area contributed by atoms with Crippen molar-refractivity contribution in [3.05, 3.63) is 29.6 Å². The number of fused-ring (bicyclic) bond motifs is 1. The zero-order valence-electron chi connectivity index (χ0n) is 10.7. The van der Waals surface area contributed by atoms with E-state index in [2.05, 4.69) is 4.98 Å². The Kier molecular flexibility index (Phi) is 3.35. The number of hydrogen-bond donors (Lipinski definition) is 1. The number of carboxylic acids is 1. The van der Waals surface area contributed by atoms with E-state index in [1.54, 1.807) is 11.8 Å². The molecular formula is C13H11F3N2O2S. The van der Waals surface area contributed by atoms with Gasteiger partial charge in [0.05, 0.1) is 16.6 Å². The van der Waals surface area contributed by atoms with E-state index in [0.29, 0.717) is 12.2 Å². The number of para-hydroxylation sites is 1. The van der Waals surface area contributed by atoms with Crippen LogP contribution < -0.4 is 0 Å². The molecule has 21 heavy (non-hydrogen) atoms. The molecule has 1 atom stereocenters. The molecule has 0 radical (unpaired) electrons. The standard InChI is InChI=1S/C13H11F3N2O2S/c14-13(15,16)12-17-9-3-1-2-8(11(19)20)10(9)18(12)7-4-5-21-6-7/h1-3,7H,4-6H2,(H,19,20). The van der Waals surface area contributed by atoms with Gasteiger partial charge in [0.25, 0.3) is 0 Å². The lowest BCUT2D eigenvalue weighted by molar-refractivity contribution is -0.147. The normalized spacial score (nSPS) is 19.3. The van der Waals surface area contributed by atoms with E-state index < -0.39 is 18.0 Å². The SMILES string of the molecule is O=C(O)c1cccc2nc(C(F)(F)F)n(C3CCSC3)c12. The minimum absolute atomic E-state index is 0.0600. The number of thioether (sulfide) groups is 1. The van der Waals surface area contributed by atoms with Crippen molar-refractivity contribution in [1.82, 2.24) is 9.55 Å². The molecule has 0 saturated carbocycles. The van der Waals surface area contributed by atoms with Gasteiger partial charge in [0.2, 0.25) is 5.82 Å². The summed E-state index contributed by atoms with van der Waals surface area (Å²) in [7, 11) is 0. The molecule has 0 bridgehead atoms. The van der Waals surface area contributed by atoms with Gasteiger partial charge in [-0.15, -0.1) is 0 Å². The van der Waals surface area contributed by atoms with Crippen molar-refractivity contribution in [1.29, 1.82) is 0 Å². The molecule has 1 fully saturated rings. The Hall–Kier alpha value is -1.70. The Morgan fingerprint density at radius 2 is 2.19 bits per heavy atom. The predicted octanol–water partition coefficient (Wildman–Crippen LogP) is 3.43. The summed E-state index contributed by atoms with van der Waals surface area (Å²) in [5, 5.41) is 9.23. The Labute approximate surface area is 122 Å². The quantitative estimate of drug-likeness (QED) is 0.922. The van der Waals surface area contributed by atoms with E-state index in [-0.39, 0.29) is 22.6 Å². The molecular weight excluding hydrogens is 305 g/mol. The summed E-state index contributed by atoms with van der Waals surface area (Å²) >= 11 is 1.56. The molecule has 1 N–H and O–H groups in total. The third-order valence-corrected chi connectivity index (χ3v) is 4.61. The summed E-state index contributed by atoms with van der Waals surface area (Å²) < 4.78 is 40.8. The fourth-order valence-corrected chi connectivity index (χ4v) is 3.80. The van der Waals surface area contributed by atoms with E-state index in [1.807, 2.05) is 0 Å². The number of alkyl halides is 3. The lowest BCUT2D eigenvalue weighted by Crippen LogP contribution is -2.20. The van der Waals surface area contributed by atoms with Crippen LogP contribution in [0, 0.1) is 0 Å². The van der Waals surface area contributed by atoms with Crippen LogP contribution in [0.2, 0.25) is 0 Å². The molecule has 1 aromatic carbocycles. The van der Waals surface area contributed by atoms with Crippen molar-refractivity contribution >= 4 is 28.8 Å². The minimum Gasteiger partial charge on any atom is -0.478 e. The number of carboxylic acid groups (broad SMARTS) is 1. The van der Waals surface area contributed by atoms with Crippen LogP contribution >= 0.6 is 11.8 Å². The summed E-state index contributed by atoms with van der Waals surface area (Å²) in [6.45, 7) is 0. The first-order chi connectivity index (χ1) is 9.89. The average Bonchev–Trinajstić information content (AvgIpc) is 3.03. The lowest BCUT2D eigenvalue weighted by atomic mass is 10.1. The summed E-state index contributed by atoms with van der Waals surface area (Å²) in [5.41, 5.74) is -0.0173. The molecule has 1 aliphatic heterocycles. The van der Waals surface area contributed by atoms with Gasteiger partial charge in [-0.2, -0.15) is 24.9 Å². The number of rotatable bonds is 2. The number of nitrogens with zero attached hydrogens (tertiary/aromatic N) is 2. The van der Waals surface area contributed by atoms with E-state index in [9.17, 15) is 23.1 Å². The Bertz CT molecular complexity index is 705. The fourth-order valence-electron chi connectivity index (χ4n) is 2.60. The molecule has 2 heterocycles. The first kappa shape index (κ1) is 14.2. The van der Waals surface area contributed by atoms with Gasteiger partial charge in [0, 0.05) is 11.8 Å². The highest BCUT2D eigenvalue weighted by Crippen LogP contribution is 2.39. The molecule has 112 valence electrons. The Morgan fingerprint density at radius 1 is 1.43 bits per heavy atom. The second-order valence-corrected chi connectivity index (χ2v) is 5.95. The van der Waals surface area contributed by atoms with Crippen LogP contribution in [0.3, 0.4) is 0 Å². The number of benzene rings is 1. The van der Waals surface area contributed by atoms with Crippen LogP contribution in [0.5, 0.6) is 0 Å². The van der Waals surface area contributed by atoms with Crippen molar-refractivity contribution in [3.8, 4) is 0 Å². The van der Waals surface area contributed by atoms with Gasteiger partial charge in [-0.05, 0) is 24.3 Å². The highest BCUT2D eigenvalue weighted by molar-refractivity contribution is 7.99. The highest BCUT2D eigenvalue weighted by atomic mass is 32.2. The van der Waals surface area contributed by atoms with Gasteiger partial charge >= 0.3 is 12.1 Å². The van der Waals surface area contributed by atoms with Crippen molar-refractivity contribution in [2.24, 2.45) is 0 Å². The maximum atomic E-state index is 13.2. The summed E-state index contributed by atoms with van der Waals surface area (Å²) in [6.07, 6.45) is -4.03. The van der Waals surface area contributed by atoms with Crippen LogP contribution in [-0.4, -0.2) is 32.1 Å². The molecule has 2 aromatic rings. The second kappa shape index (κ2) is 4.94. The highest BCUT2D eigenvalue weighted by Gasteiger charge is 2.40. The van der Waals surface area contributed by atoms with Crippen LogP contribution in [0.15, 0.2) is 18.2 Å². The van der Waals surface area contributed by atoms with E-state index in [0.717, 1.165) is 10.3 Å². The van der Waals surface area contributed by atoms with Gasteiger partial charge < -0.3 is 9.67 Å². The third-order valence-electron chi connectivity index (χ3n) is 3.46. The van der Waals surface area contributed by atoms with Gasteiger partial charge in [-0.1, -0.05) is 6.07 Å². The number of aromatic carboxylic acids is 1. The summed E-state index contributed by atoms with van der Waals surface area (Å²) in [5.74, 6) is -0.973. The topological polar surface area (TPSA) is 55.1 Å². The first-order valence-electron chi connectivity index (χ1n) is 6.29. The van der Waals surface area contributed by atoms with Crippen LogP contribution in [0.1, 0.15) is 28.6 Å². The van der Waals surface area contributed by atoms with Gasteiger partial charge in [-0.3, -0.25) is 0 Å². The van der Waals surface area contributed by atoms with Crippen molar-refractivity contribution in [2.45, 2.75) is 18.6 Å². The predicted molar refractivity (Wildman–Crippen MR) is 72.7 cm³/mol. The maximum Gasteiger partial charge on any atom is 0.449 e. The molecule has 0 aliphatic carbocycles. The van der Waals surface area contributed by atoms with Crippen LogP contribution in [0.25, 0.3) is 11.0 Å². The van der Waals surface area contributed by atoms with Crippen molar-refractivity contribution < 1.29 is 23.1 Å². The molecule has 4 nitrogen and oxygen atoms in total.